The highest BCUT2D eigenvalue weighted by Gasteiger charge is 2.28. The van der Waals surface area contributed by atoms with Gasteiger partial charge in [0.25, 0.3) is 10.0 Å². The maximum atomic E-state index is 12.8. The summed E-state index contributed by atoms with van der Waals surface area (Å²) in [5.74, 6) is 0.707. The molecule has 1 saturated heterocycles. The predicted octanol–water partition coefficient (Wildman–Crippen LogP) is 4.42. The summed E-state index contributed by atoms with van der Waals surface area (Å²) < 4.78 is 55.1. The second-order valence-electron chi connectivity index (χ2n) is 8.12. The zero-order chi connectivity index (χ0) is 21.9. The van der Waals surface area contributed by atoms with Gasteiger partial charge in [0.15, 0.2) is 0 Å². The van der Waals surface area contributed by atoms with E-state index < -0.39 is 20.0 Å². The number of nitrogens with one attached hydrogen (secondary N) is 1. The standard InChI is InChI=1S/C22H30N2O4S2/c1-4-18(3)19-7-11-21(12-8-19)29(25,26)23-20-9-13-22(14-10-20)30(27,28)24-15-5-6-17(2)16-24/h7-14,17-18,23H,4-6,15-16H2,1-3H3. The van der Waals surface area contributed by atoms with Crippen LogP contribution in [-0.2, 0) is 20.0 Å². The molecule has 0 spiro atoms. The maximum absolute atomic E-state index is 12.8. The molecule has 30 heavy (non-hydrogen) atoms. The third kappa shape index (κ3) is 5.04. The molecule has 8 heteroatoms. The third-order valence-corrected chi connectivity index (χ3v) is 9.01. The van der Waals surface area contributed by atoms with Crippen molar-refractivity contribution in [2.24, 2.45) is 5.92 Å². The van der Waals surface area contributed by atoms with Gasteiger partial charge in [-0.15, -0.1) is 0 Å². The minimum atomic E-state index is -3.75. The van der Waals surface area contributed by atoms with Gasteiger partial charge < -0.3 is 0 Å². The SMILES string of the molecule is CCC(C)c1ccc(S(=O)(=O)Nc2ccc(S(=O)(=O)N3CCCC(C)C3)cc2)cc1. The number of hydrogen-bond acceptors (Lipinski definition) is 4. The maximum Gasteiger partial charge on any atom is 0.261 e. The van der Waals surface area contributed by atoms with Crippen LogP contribution in [0.2, 0.25) is 0 Å². The van der Waals surface area contributed by atoms with Crippen molar-refractivity contribution in [3.8, 4) is 0 Å². The van der Waals surface area contributed by atoms with Crippen molar-refractivity contribution in [1.29, 1.82) is 0 Å². The van der Waals surface area contributed by atoms with Crippen LogP contribution in [0.1, 0.15) is 51.5 Å². The zero-order valence-electron chi connectivity index (χ0n) is 17.7. The minimum Gasteiger partial charge on any atom is -0.280 e. The molecule has 6 nitrogen and oxygen atoms in total. The Hall–Kier alpha value is -1.90. The molecular weight excluding hydrogens is 420 g/mol. The second kappa shape index (κ2) is 9.08. The molecule has 2 aromatic carbocycles. The Kier molecular flexibility index (Phi) is 6.89. The van der Waals surface area contributed by atoms with E-state index in [1.165, 1.54) is 28.6 Å². The Morgan fingerprint density at radius 3 is 2.17 bits per heavy atom. The average molecular weight is 451 g/mol. The van der Waals surface area contributed by atoms with E-state index in [4.69, 9.17) is 0 Å². The molecule has 0 radical (unpaired) electrons. The number of anilines is 1. The van der Waals surface area contributed by atoms with Crippen LogP contribution in [0.25, 0.3) is 0 Å². The molecule has 0 aromatic heterocycles. The fraction of sp³-hybridized carbons (Fsp3) is 0.455. The van der Waals surface area contributed by atoms with Crippen LogP contribution in [0.3, 0.4) is 0 Å². The lowest BCUT2D eigenvalue weighted by Crippen LogP contribution is -2.39. The molecule has 1 aliphatic heterocycles. The van der Waals surface area contributed by atoms with Gasteiger partial charge >= 0.3 is 0 Å². The summed E-state index contributed by atoms with van der Waals surface area (Å²) in [6.45, 7) is 7.28. The van der Waals surface area contributed by atoms with E-state index in [2.05, 4.69) is 25.5 Å². The summed E-state index contributed by atoms with van der Waals surface area (Å²) in [6, 6.07) is 12.8. The van der Waals surface area contributed by atoms with Gasteiger partial charge in [0.1, 0.15) is 0 Å². The van der Waals surface area contributed by atoms with Crippen molar-refractivity contribution in [2.75, 3.05) is 17.8 Å². The van der Waals surface area contributed by atoms with Crippen LogP contribution in [0.5, 0.6) is 0 Å². The Bertz CT molecular complexity index is 1060. The van der Waals surface area contributed by atoms with Crippen LogP contribution >= 0.6 is 0 Å². The monoisotopic (exact) mass is 450 g/mol. The van der Waals surface area contributed by atoms with Crippen LogP contribution < -0.4 is 4.72 Å². The van der Waals surface area contributed by atoms with Crippen LogP contribution in [-0.4, -0.2) is 34.2 Å². The molecule has 1 N–H and O–H groups in total. The molecule has 164 valence electrons. The van der Waals surface area contributed by atoms with Crippen molar-refractivity contribution in [2.45, 2.75) is 55.7 Å². The van der Waals surface area contributed by atoms with Gasteiger partial charge in [-0.2, -0.15) is 4.31 Å². The van der Waals surface area contributed by atoms with E-state index in [1.807, 2.05) is 12.1 Å². The van der Waals surface area contributed by atoms with E-state index >= 15 is 0 Å². The summed E-state index contributed by atoms with van der Waals surface area (Å²) in [4.78, 5) is 0.353. The van der Waals surface area contributed by atoms with Crippen molar-refractivity contribution in [1.82, 2.24) is 4.31 Å². The smallest absolute Gasteiger partial charge is 0.261 e. The first-order chi connectivity index (χ1) is 14.1. The van der Waals surface area contributed by atoms with Gasteiger partial charge in [-0.25, -0.2) is 16.8 Å². The van der Waals surface area contributed by atoms with Crippen molar-refractivity contribution in [3.63, 3.8) is 0 Å². The number of sulfonamides is 2. The highest BCUT2D eigenvalue weighted by molar-refractivity contribution is 7.92. The Morgan fingerprint density at radius 1 is 1.00 bits per heavy atom. The van der Waals surface area contributed by atoms with Crippen molar-refractivity contribution >= 4 is 25.7 Å². The van der Waals surface area contributed by atoms with Gasteiger partial charge in [-0.3, -0.25) is 4.72 Å². The summed E-state index contributed by atoms with van der Waals surface area (Å²) >= 11 is 0. The number of piperidine rings is 1. The summed E-state index contributed by atoms with van der Waals surface area (Å²) in [7, 11) is -7.32. The lowest BCUT2D eigenvalue weighted by molar-refractivity contribution is 0.281. The average Bonchev–Trinajstić information content (AvgIpc) is 2.73. The molecule has 0 bridgehead atoms. The van der Waals surface area contributed by atoms with Gasteiger partial charge in [0, 0.05) is 18.8 Å². The molecule has 1 heterocycles. The Balaban J connectivity index is 1.74. The summed E-state index contributed by atoms with van der Waals surface area (Å²) in [5.41, 5.74) is 1.42. The predicted molar refractivity (Wildman–Crippen MR) is 120 cm³/mol. The topological polar surface area (TPSA) is 83.5 Å². The van der Waals surface area contributed by atoms with Gasteiger partial charge in [0.05, 0.1) is 9.79 Å². The lowest BCUT2D eigenvalue weighted by atomic mass is 9.99. The fourth-order valence-corrected chi connectivity index (χ4v) is 6.29. The normalized spacial score (nSPS) is 19.4. The van der Waals surface area contributed by atoms with Crippen LogP contribution in [0.15, 0.2) is 58.3 Å². The first-order valence-corrected chi connectivity index (χ1v) is 13.3. The summed E-state index contributed by atoms with van der Waals surface area (Å²) in [5, 5.41) is 0. The van der Waals surface area contributed by atoms with Crippen LogP contribution in [0.4, 0.5) is 5.69 Å². The summed E-state index contributed by atoms with van der Waals surface area (Å²) in [6.07, 6.45) is 2.87. The van der Waals surface area contributed by atoms with Crippen LogP contribution in [0, 0.1) is 5.92 Å². The number of rotatable bonds is 7. The first-order valence-electron chi connectivity index (χ1n) is 10.4. The number of hydrogen-bond donors (Lipinski definition) is 1. The molecule has 1 fully saturated rings. The first kappa shape index (κ1) is 22.8. The van der Waals surface area contributed by atoms with Crippen molar-refractivity contribution in [3.05, 3.63) is 54.1 Å². The number of nitrogens with zero attached hydrogens (tertiary/aromatic N) is 1. The van der Waals surface area contributed by atoms with Gasteiger partial charge in [-0.1, -0.05) is 32.9 Å². The highest BCUT2D eigenvalue weighted by Crippen LogP contribution is 2.26. The molecule has 0 aliphatic carbocycles. The van der Waals surface area contributed by atoms with Gasteiger partial charge in [-0.05, 0) is 73.1 Å². The molecule has 0 amide bonds. The lowest BCUT2D eigenvalue weighted by Gasteiger charge is -2.30. The highest BCUT2D eigenvalue weighted by atomic mass is 32.2. The van der Waals surface area contributed by atoms with E-state index in [-0.39, 0.29) is 9.79 Å². The molecule has 1 aliphatic rings. The van der Waals surface area contributed by atoms with Gasteiger partial charge in [0.2, 0.25) is 10.0 Å². The number of benzene rings is 2. The van der Waals surface area contributed by atoms with E-state index in [1.54, 1.807) is 12.1 Å². The third-order valence-electron chi connectivity index (χ3n) is 5.74. The van der Waals surface area contributed by atoms with E-state index in [0.717, 1.165) is 24.8 Å². The Labute approximate surface area is 180 Å². The molecule has 3 rings (SSSR count). The fourth-order valence-electron chi connectivity index (χ4n) is 3.63. The molecule has 0 saturated carbocycles. The van der Waals surface area contributed by atoms with E-state index in [9.17, 15) is 16.8 Å². The second-order valence-corrected chi connectivity index (χ2v) is 11.7. The molecule has 2 aromatic rings. The Morgan fingerprint density at radius 2 is 1.60 bits per heavy atom. The largest absolute Gasteiger partial charge is 0.280 e. The molecule has 2 unspecified atom stereocenters. The molecular formula is C22H30N2O4S2. The zero-order valence-corrected chi connectivity index (χ0v) is 19.3. The minimum absolute atomic E-state index is 0.175. The quantitative estimate of drug-likeness (QED) is 0.677. The van der Waals surface area contributed by atoms with E-state index in [0.29, 0.717) is 30.6 Å². The molecule has 2 atom stereocenters. The van der Waals surface area contributed by atoms with Crippen molar-refractivity contribution < 1.29 is 16.8 Å².